The summed E-state index contributed by atoms with van der Waals surface area (Å²) in [6.45, 7) is 5.24. The molecule has 4 N–H and O–H groups in total. The topological polar surface area (TPSA) is 200 Å². The van der Waals surface area contributed by atoms with E-state index in [1.54, 1.807) is 13.8 Å². The Morgan fingerprint density at radius 1 is 0.515 bits per heavy atom. The van der Waals surface area contributed by atoms with Crippen molar-refractivity contribution in [2.75, 3.05) is 21.3 Å². The number of rotatable bonds is 14. The van der Waals surface area contributed by atoms with Crippen LogP contribution in [0, 0.1) is 13.8 Å². The molecule has 0 aliphatic heterocycles. The van der Waals surface area contributed by atoms with Gasteiger partial charge in [-0.1, -0.05) is 46.4 Å². The summed E-state index contributed by atoms with van der Waals surface area (Å²) in [5.74, 6) is -5.47. The summed E-state index contributed by atoms with van der Waals surface area (Å²) in [5.41, 5.74) is -3.34. The van der Waals surface area contributed by atoms with E-state index in [0.717, 1.165) is 50.2 Å². The Balaban J connectivity index is 1.27. The molecule has 0 saturated carbocycles. The van der Waals surface area contributed by atoms with Gasteiger partial charge in [-0.3, -0.25) is 28.8 Å². The molecule has 0 aromatic heterocycles. The number of hydrogen-bond acceptors (Lipinski definition) is 10. The van der Waals surface area contributed by atoms with Crippen LogP contribution in [-0.4, -0.2) is 47.3 Å². The molecule has 5 rings (SSSR count). The molecule has 0 radical (unpaired) electrons. The highest BCUT2D eigenvalue weighted by Crippen LogP contribution is 2.39. The summed E-state index contributed by atoms with van der Waals surface area (Å²) < 4.78 is 81.7. The van der Waals surface area contributed by atoms with Crippen molar-refractivity contribution >= 4 is 116 Å². The van der Waals surface area contributed by atoms with E-state index in [9.17, 15) is 55.1 Å². The standard InChI is InChI=1S/C44H32Cl4F6N8O6/c1-19-13-27(55-41(67)37(21(3)63)61-59-25-7-9-32(47)28(17-25)39(65)56-34-11-5-23(45)15-30(34)43(49,50)51)14-20(2)36(19)58-42(68)38(22(4)64)62-60-26-8-10-33(48)29(18-26)40(66)57-35-12-6-24(46)16-31(35)44(52,53)54/h5-18,37-38H,1-4H3,(H,55,67)(H,56,65)(H,57,66)(H,58,68). The van der Waals surface area contributed by atoms with Crippen molar-refractivity contribution in [2.45, 2.75) is 52.1 Å². The first kappa shape index (κ1) is 52.2. The molecule has 354 valence electrons. The Morgan fingerprint density at radius 3 is 1.26 bits per heavy atom. The van der Waals surface area contributed by atoms with E-state index in [4.69, 9.17) is 46.4 Å². The molecule has 4 amide bonds. The average molecular weight is 1020 g/mol. The number of hydrogen-bond donors (Lipinski definition) is 4. The highest BCUT2D eigenvalue weighted by molar-refractivity contribution is 6.35. The molecular weight excluding hydrogens is 992 g/mol. The normalized spacial score (nSPS) is 12.7. The van der Waals surface area contributed by atoms with Crippen molar-refractivity contribution in [3.63, 3.8) is 0 Å². The fourth-order valence-electron chi connectivity index (χ4n) is 6.12. The molecule has 68 heavy (non-hydrogen) atoms. The number of azo groups is 2. The number of alkyl halides is 6. The lowest BCUT2D eigenvalue weighted by Gasteiger charge is -2.17. The maximum Gasteiger partial charge on any atom is 0.418 e. The molecule has 24 heteroatoms. The van der Waals surface area contributed by atoms with Crippen LogP contribution in [0.4, 0.5) is 60.5 Å². The Labute approximate surface area is 401 Å². The van der Waals surface area contributed by atoms with E-state index >= 15 is 0 Å². The first-order chi connectivity index (χ1) is 31.7. The number of aryl methyl sites for hydroxylation is 2. The van der Waals surface area contributed by atoms with Gasteiger partial charge < -0.3 is 21.3 Å². The van der Waals surface area contributed by atoms with Crippen LogP contribution in [0.15, 0.2) is 105 Å². The fourth-order valence-corrected chi connectivity index (χ4v) is 6.87. The summed E-state index contributed by atoms with van der Waals surface area (Å²) in [6.07, 6.45) is -9.72. The number of carbonyl (C=O) groups is 6. The highest BCUT2D eigenvalue weighted by Gasteiger charge is 2.36. The lowest BCUT2D eigenvalue weighted by atomic mass is 10.1. The highest BCUT2D eigenvalue weighted by atomic mass is 35.5. The third-order valence-electron chi connectivity index (χ3n) is 9.35. The van der Waals surface area contributed by atoms with Gasteiger partial charge in [0.2, 0.25) is 12.1 Å². The first-order valence-corrected chi connectivity index (χ1v) is 20.8. The molecule has 0 aliphatic rings. The first-order valence-electron chi connectivity index (χ1n) is 19.2. The number of halogens is 10. The summed E-state index contributed by atoms with van der Waals surface area (Å²) in [7, 11) is 0. The Bertz CT molecular complexity index is 2910. The maximum atomic E-state index is 13.6. The van der Waals surface area contributed by atoms with E-state index < -0.39 is 82.1 Å². The van der Waals surface area contributed by atoms with Crippen molar-refractivity contribution in [3.05, 3.63) is 138 Å². The SMILES string of the molecule is CC(=O)C(N=Nc1ccc(Cl)c(C(=O)Nc2ccc(Cl)cc2C(F)(F)F)c1)C(=O)Nc1cc(C)c(NC(=O)C(N=Nc2ccc(Cl)c(C(=O)Nc3ccc(Cl)cc3C(F)(F)F)c2)C(C)=O)c(C)c1. The molecule has 5 aromatic rings. The molecule has 0 bridgehead atoms. The van der Waals surface area contributed by atoms with Gasteiger partial charge in [-0.2, -0.15) is 46.8 Å². The van der Waals surface area contributed by atoms with Crippen molar-refractivity contribution in [1.82, 2.24) is 0 Å². The molecule has 0 aliphatic carbocycles. The lowest BCUT2D eigenvalue weighted by molar-refractivity contribution is -0.137. The number of anilines is 4. The van der Waals surface area contributed by atoms with Gasteiger partial charge in [0.1, 0.15) is 0 Å². The second-order valence-corrected chi connectivity index (χ2v) is 16.2. The van der Waals surface area contributed by atoms with Crippen molar-refractivity contribution < 1.29 is 55.1 Å². The minimum absolute atomic E-state index is 0.0943. The predicted molar refractivity (Wildman–Crippen MR) is 243 cm³/mol. The van der Waals surface area contributed by atoms with E-state index in [-0.39, 0.29) is 54.0 Å². The summed E-state index contributed by atoms with van der Waals surface area (Å²) in [5, 5.41) is 24.1. The number of carbonyl (C=O) groups excluding carboxylic acids is 6. The Morgan fingerprint density at radius 2 is 0.897 bits per heavy atom. The number of nitrogens with zero attached hydrogens (tertiary/aromatic N) is 4. The Kier molecular flexibility index (Phi) is 16.5. The fraction of sp³-hybridized carbons (Fsp3) is 0.182. The van der Waals surface area contributed by atoms with Crippen molar-refractivity contribution in [1.29, 1.82) is 0 Å². The van der Waals surface area contributed by atoms with Crippen LogP contribution in [0.2, 0.25) is 20.1 Å². The van der Waals surface area contributed by atoms with Gasteiger partial charge in [-0.15, -0.1) is 0 Å². The van der Waals surface area contributed by atoms with E-state index in [0.29, 0.717) is 23.3 Å². The number of nitrogens with one attached hydrogen (secondary N) is 4. The van der Waals surface area contributed by atoms with Crippen LogP contribution < -0.4 is 21.3 Å². The van der Waals surface area contributed by atoms with Gasteiger partial charge in [0.05, 0.1) is 55.0 Å². The number of amides is 4. The molecule has 0 heterocycles. The van der Waals surface area contributed by atoms with Crippen molar-refractivity contribution in [3.8, 4) is 0 Å². The van der Waals surface area contributed by atoms with Crippen molar-refractivity contribution in [2.24, 2.45) is 20.5 Å². The largest absolute Gasteiger partial charge is 0.418 e. The maximum absolute atomic E-state index is 13.6. The number of Topliss-reactive ketones (excluding diaryl/α,β-unsaturated/α-hetero) is 2. The molecule has 0 saturated heterocycles. The third-order valence-corrected chi connectivity index (χ3v) is 10.5. The summed E-state index contributed by atoms with van der Waals surface area (Å²) in [6, 6.07) is 12.0. The number of ketones is 2. The average Bonchev–Trinajstić information content (AvgIpc) is 3.23. The van der Waals surface area contributed by atoms with Gasteiger partial charge in [0, 0.05) is 21.4 Å². The molecular formula is C44H32Cl4F6N8O6. The van der Waals surface area contributed by atoms with Crippen LogP contribution in [0.1, 0.15) is 56.8 Å². The van der Waals surface area contributed by atoms with Gasteiger partial charge in [0.15, 0.2) is 11.6 Å². The van der Waals surface area contributed by atoms with Crippen LogP contribution in [-0.2, 0) is 31.5 Å². The number of benzene rings is 5. The smallest absolute Gasteiger partial charge is 0.324 e. The monoisotopic (exact) mass is 1020 g/mol. The molecule has 2 unspecified atom stereocenters. The minimum atomic E-state index is -4.86. The van der Waals surface area contributed by atoms with E-state index in [2.05, 4.69) is 41.7 Å². The Hall–Kier alpha value is -6.74. The second kappa shape index (κ2) is 21.5. The second-order valence-electron chi connectivity index (χ2n) is 14.5. The quantitative estimate of drug-likeness (QED) is 0.0484. The molecule has 0 fully saturated rings. The van der Waals surface area contributed by atoms with E-state index in [1.165, 1.54) is 36.4 Å². The van der Waals surface area contributed by atoms with Crippen LogP contribution in [0.5, 0.6) is 0 Å². The van der Waals surface area contributed by atoms with E-state index in [1.807, 2.05) is 0 Å². The van der Waals surface area contributed by atoms with Crippen LogP contribution in [0.3, 0.4) is 0 Å². The molecule has 0 spiro atoms. The lowest BCUT2D eigenvalue weighted by Crippen LogP contribution is -2.33. The van der Waals surface area contributed by atoms with Crippen LogP contribution in [0.25, 0.3) is 0 Å². The van der Waals surface area contributed by atoms with Gasteiger partial charge >= 0.3 is 12.4 Å². The molecule has 14 nitrogen and oxygen atoms in total. The minimum Gasteiger partial charge on any atom is -0.324 e. The van der Waals surface area contributed by atoms with Crippen LogP contribution >= 0.6 is 46.4 Å². The third kappa shape index (κ3) is 13.2. The zero-order valence-corrected chi connectivity index (χ0v) is 38.3. The molecule has 2 atom stereocenters. The van der Waals surface area contributed by atoms with Gasteiger partial charge in [-0.05, 0) is 124 Å². The zero-order chi connectivity index (χ0) is 50.4. The summed E-state index contributed by atoms with van der Waals surface area (Å²) in [4.78, 5) is 78.0. The molecule has 5 aromatic carbocycles. The van der Waals surface area contributed by atoms with Gasteiger partial charge in [0.25, 0.3) is 23.6 Å². The van der Waals surface area contributed by atoms with Gasteiger partial charge in [-0.25, -0.2) is 0 Å². The summed E-state index contributed by atoms with van der Waals surface area (Å²) >= 11 is 23.8. The zero-order valence-electron chi connectivity index (χ0n) is 35.3. The predicted octanol–water partition coefficient (Wildman–Crippen LogP) is 12.8.